The number of carbonyl (C=O) groups is 1. The summed E-state index contributed by atoms with van der Waals surface area (Å²) in [5.74, 6) is 1.87. The Balaban J connectivity index is 0.00000225. The zero-order chi connectivity index (χ0) is 18.6. The Bertz CT molecular complexity index is 764. The van der Waals surface area contributed by atoms with Crippen molar-refractivity contribution >= 4 is 18.3 Å². The average Bonchev–Trinajstić information content (AvgIpc) is 3.32. The molecule has 154 valence electrons. The van der Waals surface area contributed by atoms with Crippen LogP contribution in [-0.4, -0.2) is 74.9 Å². The van der Waals surface area contributed by atoms with Gasteiger partial charge in [0.05, 0.1) is 6.54 Å². The van der Waals surface area contributed by atoms with Crippen LogP contribution in [0.25, 0.3) is 0 Å². The largest absolute Gasteiger partial charge is 0.340 e. The van der Waals surface area contributed by atoms with Gasteiger partial charge in [-0.15, -0.1) is 12.4 Å². The summed E-state index contributed by atoms with van der Waals surface area (Å²) in [7, 11) is 0. The molecule has 0 aliphatic carbocycles. The van der Waals surface area contributed by atoms with Gasteiger partial charge in [-0.3, -0.25) is 14.4 Å². The molecule has 10 heteroatoms. The molecule has 2 saturated heterocycles. The van der Waals surface area contributed by atoms with Crippen LogP contribution in [-0.2, 0) is 17.9 Å². The topological polar surface area (TPSA) is 92.3 Å². The van der Waals surface area contributed by atoms with Crippen LogP contribution in [0.2, 0.25) is 0 Å². The van der Waals surface area contributed by atoms with E-state index < -0.39 is 0 Å². The molecule has 4 rings (SSSR count). The van der Waals surface area contributed by atoms with E-state index in [9.17, 15) is 4.79 Å². The number of amides is 1. The number of halogens is 1. The number of nitrogens with one attached hydrogen (secondary N) is 1. The predicted octanol–water partition coefficient (Wildman–Crippen LogP) is 0.808. The molecule has 1 amide bonds. The first-order valence-corrected chi connectivity index (χ1v) is 9.71. The molecule has 1 atom stereocenters. The summed E-state index contributed by atoms with van der Waals surface area (Å²) in [6, 6.07) is 2.05. The van der Waals surface area contributed by atoms with Gasteiger partial charge in [0.1, 0.15) is 6.54 Å². The fourth-order valence-electron chi connectivity index (χ4n) is 3.92. The number of carbonyl (C=O) groups excluding carboxylic acids is 1. The second-order valence-electron chi connectivity index (χ2n) is 7.34. The van der Waals surface area contributed by atoms with Crippen LogP contribution < -0.4 is 5.32 Å². The summed E-state index contributed by atoms with van der Waals surface area (Å²) in [5, 5.41) is 11.8. The molecule has 2 aliphatic heterocycles. The fraction of sp³-hybridized carbons (Fsp3) is 0.667. The zero-order valence-electron chi connectivity index (χ0n) is 16.2. The van der Waals surface area contributed by atoms with E-state index in [0.29, 0.717) is 30.7 Å². The van der Waals surface area contributed by atoms with Crippen molar-refractivity contribution in [1.82, 2.24) is 35.0 Å². The van der Waals surface area contributed by atoms with Crippen molar-refractivity contribution in [1.29, 1.82) is 0 Å². The monoisotopic (exact) mass is 409 g/mol. The first-order chi connectivity index (χ1) is 13.2. The van der Waals surface area contributed by atoms with E-state index >= 15 is 0 Å². The number of aryl methyl sites for hydroxylation is 1. The second-order valence-corrected chi connectivity index (χ2v) is 7.34. The molecule has 4 heterocycles. The molecule has 0 spiro atoms. The Morgan fingerprint density at radius 1 is 1.32 bits per heavy atom. The predicted molar refractivity (Wildman–Crippen MR) is 105 cm³/mol. The summed E-state index contributed by atoms with van der Waals surface area (Å²) in [4.78, 5) is 21.2. The maximum absolute atomic E-state index is 12.8. The van der Waals surface area contributed by atoms with Crippen LogP contribution in [0.15, 0.2) is 16.8 Å². The van der Waals surface area contributed by atoms with Gasteiger partial charge < -0.3 is 14.7 Å². The van der Waals surface area contributed by atoms with Gasteiger partial charge >= 0.3 is 0 Å². The van der Waals surface area contributed by atoms with Crippen LogP contribution in [0.3, 0.4) is 0 Å². The average molecular weight is 410 g/mol. The Morgan fingerprint density at radius 2 is 2.14 bits per heavy atom. The van der Waals surface area contributed by atoms with Gasteiger partial charge in [0.15, 0.2) is 5.82 Å². The van der Waals surface area contributed by atoms with Crippen molar-refractivity contribution in [2.45, 2.75) is 38.8 Å². The maximum Gasteiger partial charge on any atom is 0.244 e. The molecule has 0 radical (unpaired) electrons. The molecule has 2 aliphatic rings. The number of hydrogen-bond donors (Lipinski definition) is 1. The van der Waals surface area contributed by atoms with Gasteiger partial charge in [0.2, 0.25) is 11.8 Å². The summed E-state index contributed by atoms with van der Waals surface area (Å²) in [6.07, 6.45) is 4.13. The molecule has 1 unspecified atom stereocenters. The summed E-state index contributed by atoms with van der Waals surface area (Å²) in [6.45, 7) is 7.90. The third-order valence-corrected chi connectivity index (χ3v) is 5.41. The highest BCUT2D eigenvalue weighted by molar-refractivity contribution is 5.85. The minimum Gasteiger partial charge on any atom is -0.340 e. The second kappa shape index (κ2) is 9.49. The lowest BCUT2D eigenvalue weighted by atomic mass is 9.96. The molecular weight excluding hydrogens is 382 g/mol. The molecule has 1 N–H and O–H groups in total. The van der Waals surface area contributed by atoms with E-state index in [0.717, 1.165) is 45.7 Å². The van der Waals surface area contributed by atoms with Crippen molar-refractivity contribution < 1.29 is 9.32 Å². The Kier molecular flexibility index (Phi) is 7.03. The minimum absolute atomic E-state index is 0. The fourth-order valence-corrected chi connectivity index (χ4v) is 3.92. The quantitative estimate of drug-likeness (QED) is 0.781. The minimum atomic E-state index is 0. The van der Waals surface area contributed by atoms with Gasteiger partial charge in [-0.2, -0.15) is 10.1 Å². The molecule has 0 bridgehead atoms. The van der Waals surface area contributed by atoms with Crippen molar-refractivity contribution in [2.75, 3.05) is 39.3 Å². The lowest BCUT2D eigenvalue weighted by Crippen LogP contribution is -2.49. The molecule has 2 aromatic heterocycles. The summed E-state index contributed by atoms with van der Waals surface area (Å²) >= 11 is 0. The van der Waals surface area contributed by atoms with Crippen molar-refractivity contribution in [3.05, 3.63) is 29.7 Å². The smallest absolute Gasteiger partial charge is 0.244 e. The maximum atomic E-state index is 12.8. The van der Waals surface area contributed by atoms with E-state index in [1.165, 1.54) is 12.1 Å². The SMILES string of the molecule is Cc1nc(CN2CCN(C(=O)Cn3nccc3C3CCCNC3)CC2)no1.Cl. The third-order valence-electron chi connectivity index (χ3n) is 5.41. The van der Waals surface area contributed by atoms with Gasteiger partial charge in [-0.1, -0.05) is 5.16 Å². The van der Waals surface area contributed by atoms with Crippen LogP contribution in [0.1, 0.15) is 36.2 Å². The first kappa shape index (κ1) is 20.8. The highest BCUT2D eigenvalue weighted by Crippen LogP contribution is 2.23. The summed E-state index contributed by atoms with van der Waals surface area (Å²) in [5.41, 5.74) is 1.17. The Labute approximate surface area is 170 Å². The van der Waals surface area contributed by atoms with E-state index in [4.69, 9.17) is 4.52 Å². The van der Waals surface area contributed by atoms with Crippen molar-refractivity contribution in [3.8, 4) is 0 Å². The zero-order valence-corrected chi connectivity index (χ0v) is 17.0. The molecule has 2 fully saturated rings. The molecule has 28 heavy (non-hydrogen) atoms. The normalized spacial score (nSPS) is 20.8. The molecular formula is C18H28ClN7O2. The van der Waals surface area contributed by atoms with Gasteiger partial charge in [-0.05, 0) is 25.5 Å². The van der Waals surface area contributed by atoms with Gasteiger partial charge in [0.25, 0.3) is 0 Å². The van der Waals surface area contributed by atoms with Gasteiger partial charge in [0, 0.05) is 57.5 Å². The highest BCUT2D eigenvalue weighted by atomic mass is 35.5. The standard InChI is InChI=1S/C18H27N7O2.ClH/c1-14-21-17(22-27-14)12-23-7-9-24(10-8-23)18(26)13-25-16(4-6-20-25)15-3-2-5-19-11-15;/h4,6,15,19H,2-3,5,7-13H2,1H3;1H. The van der Waals surface area contributed by atoms with E-state index in [-0.39, 0.29) is 18.3 Å². The number of piperazine rings is 1. The van der Waals surface area contributed by atoms with Crippen molar-refractivity contribution in [2.24, 2.45) is 0 Å². The first-order valence-electron chi connectivity index (χ1n) is 9.71. The lowest BCUT2D eigenvalue weighted by Gasteiger charge is -2.34. The van der Waals surface area contributed by atoms with Crippen LogP contribution in [0.5, 0.6) is 0 Å². The molecule has 0 saturated carbocycles. The number of rotatable bonds is 5. The van der Waals surface area contributed by atoms with Crippen molar-refractivity contribution in [3.63, 3.8) is 0 Å². The van der Waals surface area contributed by atoms with E-state index in [1.807, 2.05) is 15.8 Å². The summed E-state index contributed by atoms with van der Waals surface area (Å²) < 4.78 is 6.90. The number of hydrogen-bond acceptors (Lipinski definition) is 7. The number of aromatic nitrogens is 4. The van der Waals surface area contributed by atoms with Gasteiger partial charge in [-0.25, -0.2) is 0 Å². The van der Waals surface area contributed by atoms with Crippen LogP contribution in [0.4, 0.5) is 0 Å². The van der Waals surface area contributed by atoms with E-state index in [1.54, 1.807) is 6.92 Å². The highest BCUT2D eigenvalue weighted by Gasteiger charge is 2.24. The molecule has 2 aromatic rings. The third kappa shape index (κ3) is 4.89. The van der Waals surface area contributed by atoms with E-state index in [2.05, 4.69) is 31.5 Å². The Hall–Kier alpha value is -1.97. The Morgan fingerprint density at radius 3 is 2.82 bits per heavy atom. The van der Waals surface area contributed by atoms with Crippen LogP contribution >= 0.6 is 12.4 Å². The lowest BCUT2D eigenvalue weighted by molar-refractivity contribution is -0.133. The van der Waals surface area contributed by atoms with Crippen LogP contribution in [0, 0.1) is 6.92 Å². The number of nitrogens with zero attached hydrogens (tertiary/aromatic N) is 6. The molecule has 9 nitrogen and oxygen atoms in total. The number of piperidine rings is 1. The molecule has 0 aromatic carbocycles.